The van der Waals surface area contributed by atoms with Crippen molar-refractivity contribution in [1.29, 1.82) is 0 Å². The summed E-state index contributed by atoms with van der Waals surface area (Å²) in [6, 6.07) is 19.9. The zero-order chi connectivity index (χ0) is 23.2. The van der Waals surface area contributed by atoms with Gasteiger partial charge in [0.1, 0.15) is 28.5 Å². The van der Waals surface area contributed by atoms with Gasteiger partial charge in [0.15, 0.2) is 0 Å². The van der Waals surface area contributed by atoms with E-state index in [1.54, 1.807) is 61.7 Å². The normalized spacial score (nSPS) is 11.5. The smallest absolute Gasteiger partial charge is 0.256 e. The summed E-state index contributed by atoms with van der Waals surface area (Å²) < 4.78 is 24.8. The van der Waals surface area contributed by atoms with Crippen LogP contribution in [-0.2, 0) is 6.42 Å². The molecule has 0 spiro atoms. The van der Waals surface area contributed by atoms with E-state index in [9.17, 15) is 14.3 Å². The van der Waals surface area contributed by atoms with Gasteiger partial charge in [-0.25, -0.2) is 9.38 Å². The third-order valence-electron chi connectivity index (χ3n) is 5.15. The van der Waals surface area contributed by atoms with Gasteiger partial charge in [0, 0.05) is 18.0 Å². The Hall–Kier alpha value is -4.13. The fourth-order valence-corrected chi connectivity index (χ4v) is 3.40. The van der Waals surface area contributed by atoms with Gasteiger partial charge in [-0.3, -0.25) is 4.79 Å². The maximum absolute atomic E-state index is 13.8. The van der Waals surface area contributed by atoms with E-state index in [-0.39, 0.29) is 28.6 Å². The number of aromatic hydroxyl groups is 1. The number of nitrogens with one attached hydrogen (secondary N) is 1. The first kappa shape index (κ1) is 22.1. The van der Waals surface area contributed by atoms with Crippen LogP contribution < -0.4 is 15.6 Å². The molecule has 1 heterocycles. The maximum Gasteiger partial charge on any atom is 0.256 e. The second kappa shape index (κ2) is 9.99. The second-order valence-corrected chi connectivity index (χ2v) is 7.45. The van der Waals surface area contributed by atoms with Crippen LogP contribution in [-0.4, -0.2) is 24.7 Å². The number of ether oxygens (including phenoxy) is 1. The van der Waals surface area contributed by atoms with Crippen LogP contribution in [0.3, 0.4) is 0 Å². The number of phenols is 1. The van der Waals surface area contributed by atoms with Crippen molar-refractivity contribution >= 4 is 22.6 Å². The minimum atomic E-state index is -0.352. The Kier molecular flexibility index (Phi) is 6.69. The first-order valence-electron chi connectivity index (χ1n) is 10.5. The zero-order valence-electron chi connectivity index (χ0n) is 18.0. The lowest BCUT2D eigenvalue weighted by atomic mass is 10.1. The Morgan fingerprint density at radius 1 is 1.09 bits per heavy atom. The summed E-state index contributed by atoms with van der Waals surface area (Å²) in [6.45, 7) is 0.364. The number of hydrogen-bond donors (Lipinski definition) is 2. The van der Waals surface area contributed by atoms with Crippen molar-refractivity contribution in [2.24, 2.45) is 4.99 Å². The Bertz CT molecular complexity index is 1350. The largest absolute Gasteiger partial charge is 0.508 e. The van der Waals surface area contributed by atoms with Crippen molar-refractivity contribution < 1.29 is 23.4 Å². The number of benzene rings is 3. The molecule has 0 aliphatic carbocycles. The van der Waals surface area contributed by atoms with Crippen molar-refractivity contribution in [2.75, 3.05) is 13.7 Å². The van der Waals surface area contributed by atoms with Crippen LogP contribution in [0.25, 0.3) is 11.0 Å². The Morgan fingerprint density at radius 2 is 1.88 bits per heavy atom. The molecule has 0 atom stereocenters. The number of amides is 1. The van der Waals surface area contributed by atoms with E-state index in [0.29, 0.717) is 47.4 Å². The Morgan fingerprint density at radius 3 is 2.64 bits per heavy atom. The molecule has 4 aromatic rings. The van der Waals surface area contributed by atoms with E-state index in [1.807, 2.05) is 0 Å². The number of nitrogens with zero attached hydrogens (tertiary/aromatic N) is 1. The number of halogens is 1. The van der Waals surface area contributed by atoms with Gasteiger partial charge in [0.05, 0.1) is 12.8 Å². The van der Waals surface area contributed by atoms with Crippen molar-refractivity contribution in [1.82, 2.24) is 5.32 Å². The first-order chi connectivity index (χ1) is 16.0. The molecule has 0 aliphatic rings. The van der Waals surface area contributed by atoms with Gasteiger partial charge in [0.25, 0.3) is 5.91 Å². The predicted molar refractivity (Wildman–Crippen MR) is 123 cm³/mol. The van der Waals surface area contributed by atoms with Crippen LogP contribution in [0.1, 0.15) is 22.3 Å². The van der Waals surface area contributed by atoms with Crippen LogP contribution in [0, 0.1) is 5.82 Å². The van der Waals surface area contributed by atoms with Crippen LogP contribution >= 0.6 is 0 Å². The molecule has 7 heteroatoms. The van der Waals surface area contributed by atoms with Crippen LogP contribution in [0.4, 0.5) is 10.1 Å². The number of aryl methyl sites for hydroxylation is 1. The van der Waals surface area contributed by atoms with Gasteiger partial charge in [0.2, 0.25) is 5.55 Å². The van der Waals surface area contributed by atoms with Crippen LogP contribution in [0.15, 0.2) is 82.2 Å². The van der Waals surface area contributed by atoms with Crippen molar-refractivity contribution in [2.45, 2.75) is 12.8 Å². The Labute approximate surface area is 190 Å². The molecule has 0 aliphatic heterocycles. The second-order valence-electron chi connectivity index (χ2n) is 7.45. The molecule has 33 heavy (non-hydrogen) atoms. The molecule has 0 bridgehead atoms. The first-order valence-corrected chi connectivity index (χ1v) is 10.5. The van der Waals surface area contributed by atoms with Crippen molar-refractivity contribution in [3.8, 4) is 11.5 Å². The fourth-order valence-electron chi connectivity index (χ4n) is 3.40. The summed E-state index contributed by atoms with van der Waals surface area (Å²) >= 11 is 0. The number of rotatable bonds is 7. The van der Waals surface area contributed by atoms with E-state index < -0.39 is 0 Å². The number of fused-ring (bicyclic) bond motifs is 1. The van der Waals surface area contributed by atoms with E-state index >= 15 is 0 Å². The van der Waals surface area contributed by atoms with Gasteiger partial charge >= 0.3 is 0 Å². The van der Waals surface area contributed by atoms with E-state index in [0.717, 1.165) is 0 Å². The highest BCUT2D eigenvalue weighted by molar-refractivity contribution is 5.96. The number of hydrogen-bond acceptors (Lipinski definition) is 5. The van der Waals surface area contributed by atoms with E-state index in [4.69, 9.17) is 9.15 Å². The molecule has 1 amide bonds. The van der Waals surface area contributed by atoms with Crippen LogP contribution in [0.2, 0.25) is 0 Å². The summed E-state index contributed by atoms with van der Waals surface area (Å²) in [5.74, 6) is 0.129. The molecule has 2 N–H and O–H groups in total. The van der Waals surface area contributed by atoms with E-state index in [1.165, 1.54) is 18.2 Å². The highest BCUT2D eigenvalue weighted by atomic mass is 19.1. The van der Waals surface area contributed by atoms with Crippen molar-refractivity contribution in [3.63, 3.8) is 0 Å². The third kappa shape index (κ3) is 5.38. The zero-order valence-corrected chi connectivity index (χ0v) is 18.0. The quantitative estimate of drug-likeness (QED) is 0.396. The SMILES string of the molecule is COc1ccc(N=c2oc3cc(O)ccc3cc2C(=O)NCCCc2ccccc2F)cc1. The minimum Gasteiger partial charge on any atom is -0.508 e. The molecule has 168 valence electrons. The lowest BCUT2D eigenvalue weighted by molar-refractivity contribution is 0.0949. The highest BCUT2D eigenvalue weighted by Crippen LogP contribution is 2.21. The van der Waals surface area contributed by atoms with Gasteiger partial charge < -0.3 is 19.6 Å². The lowest BCUT2D eigenvalue weighted by Gasteiger charge is -2.08. The van der Waals surface area contributed by atoms with E-state index in [2.05, 4.69) is 10.3 Å². The molecule has 0 fully saturated rings. The predicted octanol–water partition coefficient (Wildman–Crippen LogP) is 4.88. The highest BCUT2D eigenvalue weighted by Gasteiger charge is 2.13. The number of carbonyl (C=O) groups is 1. The lowest BCUT2D eigenvalue weighted by Crippen LogP contribution is -2.29. The van der Waals surface area contributed by atoms with Crippen LogP contribution in [0.5, 0.6) is 11.5 Å². The van der Waals surface area contributed by atoms with Gasteiger partial charge in [-0.05, 0) is 66.9 Å². The number of methoxy groups -OCH3 is 1. The molecule has 6 nitrogen and oxygen atoms in total. The molecular formula is C26H23FN2O4. The fraction of sp³-hybridized carbons (Fsp3) is 0.154. The molecule has 3 aromatic carbocycles. The summed E-state index contributed by atoms with van der Waals surface area (Å²) in [7, 11) is 1.58. The molecule has 0 radical (unpaired) electrons. The summed E-state index contributed by atoms with van der Waals surface area (Å²) in [5.41, 5.74) is 1.97. The summed E-state index contributed by atoms with van der Waals surface area (Å²) in [6.07, 6.45) is 1.09. The molecule has 0 saturated carbocycles. The van der Waals surface area contributed by atoms with Gasteiger partial charge in [-0.1, -0.05) is 18.2 Å². The monoisotopic (exact) mass is 446 g/mol. The molecule has 0 saturated heterocycles. The van der Waals surface area contributed by atoms with Crippen molar-refractivity contribution in [3.05, 3.63) is 95.3 Å². The standard InChI is InChI=1S/C26H23FN2O4/c1-32-21-12-9-19(10-13-21)29-26-22(15-18-8-11-20(30)16-24(18)33-26)25(31)28-14-4-6-17-5-2-3-7-23(17)27/h2-3,5,7-13,15-16,30H,4,6,14H2,1H3,(H,28,31). The van der Waals surface area contributed by atoms with Gasteiger partial charge in [-0.15, -0.1) is 0 Å². The molecule has 0 unspecified atom stereocenters. The maximum atomic E-state index is 13.8. The average molecular weight is 446 g/mol. The molecule has 4 rings (SSSR count). The number of phenolic OH excluding ortho intramolecular Hbond substituents is 1. The molecular weight excluding hydrogens is 423 g/mol. The Balaban J connectivity index is 1.59. The number of carbonyl (C=O) groups excluding carboxylic acids is 1. The topological polar surface area (TPSA) is 84.1 Å². The third-order valence-corrected chi connectivity index (χ3v) is 5.15. The minimum absolute atomic E-state index is 0.0481. The van der Waals surface area contributed by atoms with Gasteiger partial charge in [-0.2, -0.15) is 0 Å². The summed E-state index contributed by atoms with van der Waals surface area (Å²) in [5, 5.41) is 13.3. The molecule has 1 aromatic heterocycles. The summed E-state index contributed by atoms with van der Waals surface area (Å²) in [4.78, 5) is 17.5. The average Bonchev–Trinajstić information content (AvgIpc) is 2.82.